The lowest BCUT2D eigenvalue weighted by molar-refractivity contribution is 0.600. The third-order valence-corrected chi connectivity index (χ3v) is 3.74. The minimum Gasteiger partial charge on any atom is -0.399 e. The van der Waals surface area contributed by atoms with Gasteiger partial charge in [-0.05, 0) is 25.1 Å². The van der Waals surface area contributed by atoms with E-state index in [1.54, 1.807) is 6.92 Å². The van der Waals surface area contributed by atoms with E-state index >= 15 is 0 Å². The Morgan fingerprint density at radius 2 is 2.11 bits per heavy atom. The van der Waals surface area contributed by atoms with E-state index < -0.39 is 15.8 Å². The van der Waals surface area contributed by atoms with Crippen LogP contribution in [0.4, 0.5) is 15.8 Å². The van der Waals surface area contributed by atoms with E-state index in [-0.39, 0.29) is 16.3 Å². The fourth-order valence-corrected chi connectivity index (χ4v) is 2.67. The number of rotatable bonds is 3. The number of halogens is 1. The van der Waals surface area contributed by atoms with E-state index in [0.29, 0.717) is 5.69 Å². The molecule has 2 rings (SSSR count). The highest BCUT2D eigenvalue weighted by Gasteiger charge is 2.18. The van der Waals surface area contributed by atoms with Crippen LogP contribution in [0, 0.1) is 12.7 Å². The molecule has 8 heteroatoms. The van der Waals surface area contributed by atoms with Crippen LogP contribution < -0.4 is 10.5 Å². The highest BCUT2D eigenvalue weighted by atomic mass is 32.2. The number of sulfonamides is 1. The van der Waals surface area contributed by atoms with Gasteiger partial charge in [-0.15, -0.1) is 0 Å². The molecule has 0 aliphatic rings. The topological polar surface area (TPSA) is 101 Å². The zero-order valence-electron chi connectivity index (χ0n) is 9.44. The van der Waals surface area contributed by atoms with Gasteiger partial charge in [-0.1, -0.05) is 0 Å². The van der Waals surface area contributed by atoms with Crippen molar-refractivity contribution >= 4 is 21.4 Å². The van der Waals surface area contributed by atoms with Crippen molar-refractivity contribution in [3.8, 4) is 0 Å². The van der Waals surface area contributed by atoms with Crippen LogP contribution >= 0.6 is 0 Å². The molecule has 1 aromatic heterocycles. The first-order valence-electron chi connectivity index (χ1n) is 4.97. The summed E-state index contributed by atoms with van der Waals surface area (Å²) in [6.07, 6.45) is 1.18. The lowest BCUT2D eigenvalue weighted by atomic mass is 10.3. The van der Waals surface area contributed by atoms with Gasteiger partial charge >= 0.3 is 0 Å². The van der Waals surface area contributed by atoms with Crippen molar-refractivity contribution in [3.05, 3.63) is 35.9 Å². The molecule has 4 N–H and O–H groups in total. The van der Waals surface area contributed by atoms with Crippen molar-refractivity contribution in [2.45, 2.75) is 11.8 Å². The van der Waals surface area contributed by atoms with Gasteiger partial charge in [-0.3, -0.25) is 9.82 Å². The average molecular weight is 270 g/mol. The maximum Gasteiger partial charge on any atom is 0.265 e. The Balaban J connectivity index is 2.37. The second-order valence-electron chi connectivity index (χ2n) is 3.74. The molecule has 1 heterocycles. The summed E-state index contributed by atoms with van der Waals surface area (Å²) in [7, 11) is -3.80. The van der Waals surface area contributed by atoms with Crippen LogP contribution in [-0.2, 0) is 10.0 Å². The lowest BCUT2D eigenvalue weighted by Crippen LogP contribution is -2.13. The summed E-state index contributed by atoms with van der Waals surface area (Å²) in [5.41, 5.74) is 6.03. The fourth-order valence-electron chi connectivity index (χ4n) is 1.49. The Kier molecular flexibility index (Phi) is 2.95. The van der Waals surface area contributed by atoms with Crippen LogP contribution in [0.3, 0.4) is 0 Å². The minimum atomic E-state index is -3.80. The Bertz CT molecular complexity index is 661. The summed E-state index contributed by atoms with van der Waals surface area (Å²) < 4.78 is 39.3. The van der Waals surface area contributed by atoms with Crippen molar-refractivity contribution in [2.75, 3.05) is 10.5 Å². The van der Waals surface area contributed by atoms with Crippen molar-refractivity contribution in [1.82, 2.24) is 10.2 Å². The van der Waals surface area contributed by atoms with Gasteiger partial charge in [-0.2, -0.15) is 5.10 Å². The monoisotopic (exact) mass is 270 g/mol. The second-order valence-corrected chi connectivity index (χ2v) is 5.39. The maximum atomic E-state index is 13.1. The highest BCUT2D eigenvalue weighted by molar-refractivity contribution is 7.92. The van der Waals surface area contributed by atoms with E-state index in [2.05, 4.69) is 14.9 Å². The van der Waals surface area contributed by atoms with Crippen LogP contribution in [0.5, 0.6) is 0 Å². The SMILES string of the molecule is Cc1[nH]ncc1S(=O)(=O)Nc1cc(N)cc(F)c1. The Morgan fingerprint density at radius 3 is 2.67 bits per heavy atom. The Hall–Kier alpha value is -2.09. The third kappa shape index (κ3) is 2.43. The first kappa shape index (κ1) is 12.4. The molecule has 0 saturated heterocycles. The quantitative estimate of drug-likeness (QED) is 0.730. The van der Waals surface area contributed by atoms with Gasteiger partial charge in [0.2, 0.25) is 0 Å². The predicted molar refractivity (Wildman–Crippen MR) is 64.9 cm³/mol. The smallest absolute Gasteiger partial charge is 0.265 e. The molecule has 0 aliphatic carbocycles. The molecule has 0 unspecified atom stereocenters. The number of aromatic amines is 1. The van der Waals surface area contributed by atoms with Gasteiger partial charge < -0.3 is 5.73 Å². The summed E-state index contributed by atoms with van der Waals surface area (Å²) in [6, 6.07) is 3.47. The molecule has 0 aliphatic heterocycles. The summed E-state index contributed by atoms with van der Waals surface area (Å²) >= 11 is 0. The number of nitrogens with two attached hydrogens (primary N) is 1. The van der Waals surface area contributed by atoms with Crippen LogP contribution in [0.2, 0.25) is 0 Å². The molecule has 18 heavy (non-hydrogen) atoms. The molecule has 0 spiro atoms. The molecule has 0 saturated carbocycles. The number of hydrogen-bond acceptors (Lipinski definition) is 4. The summed E-state index contributed by atoms with van der Waals surface area (Å²) in [5, 5.41) is 6.14. The number of nitrogen functional groups attached to an aromatic ring is 1. The van der Waals surface area contributed by atoms with Crippen LogP contribution in [0.15, 0.2) is 29.3 Å². The van der Waals surface area contributed by atoms with Gasteiger partial charge in [-0.25, -0.2) is 12.8 Å². The van der Waals surface area contributed by atoms with Crippen molar-refractivity contribution in [1.29, 1.82) is 0 Å². The summed E-state index contributed by atoms with van der Waals surface area (Å²) in [5.74, 6) is -0.614. The van der Waals surface area contributed by atoms with Crippen molar-refractivity contribution in [3.63, 3.8) is 0 Å². The number of nitrogens with zero attached hydrogens (tertiary/aromatic N) is 1. The minimum absolute atomic E-state index is 0.00494. The molecule has 1 aromatic carbocycles. The molecule has 6 nitrogen and oxygen atoms in total. The van der Waals surface area contributed by atoms with Gasteiger partial charge in [0, 0.05) is 5.69 Å². The number of aryl methyl sites for hydroxylation is 1. The van der Waals surface area contributed by atoms with Gasteiger partial charge in [0.05, 0.1) is 17.6 Å². The standard InChI is InChI=1S/C10H11FN4O2S/c1-6-10(5-13-14-6)18(16,17)15-9-3-7(11)2-8(12)4-9/h2-5,15H,12H2,1H3,(H,13,14). The van der Waals surface area contributed by atoms with E-state index in [1.807, 2.05) is 0 Å². The zero-order valence-corrected chi connectivity index (χ0v) is 10.3. The predicted octanol–water partition coefficient (Wildman–Crippen LogP) is 1.24. The average Bonchev–Trinajstić information content (AvgIpc) is 2.62. The third-order valence-electron chi connectivity index (χ3n) is 2.25. The normalized spacial score (nSPS) is 11.4. The fraction of sp³-hybridized carbons (Fsp3) is 0.100. The molecule has 96 valence electrons. The van der Waals surface area contributed by atoms with Crippen LogP contribution in [-0.4, -0.2) is 18.6 Å². The molecule has 0 amide bonds. The zero-order chi connectivity index (χ0) is 13.3. The second kappa shape index (κ2) is 4.30. The molecule has 0 radical (unpaired) electrons. The first-order chi connectivity index (χ1) is 8.38. The van der Waals surface area contributed by atoms with Crippen molar-refractivity contribution < 1.29 is 12.8 Å². The van der Waals surface area contributed by atoms with Crippen LogP contribution in [0.25, 0.3) is 0 Å². The first-order valence-corrected chi connectivity index (χ1v) is 6.45. The number of benzene rings is 1. The number of hydrogen-bond donors (Lipinski definition) is 3. The molecule has 2 aromatic rings. The molecule has 0 fully saturated rings. The lowest BCUT2D eigenvalue weighted by Gasteiger charge is -2.08. The van der Waals surface area contributed by atoms with Gasteiger partial charge in [0.1, 0.15) is 10.7 Å². The number of anilines is 2. The summed E-state index contributed by atoms with van der Waals surface area (Å²) in [4.78, 5) is 0.00494. The number of nitrogens with one attached hydrogen (secondary N) is 2. The Morgan fingerprint density at radius 1 is 1.39 bits per heavy atom. The largest absolute Gasteiger partial charge is 0.399 e. The molecular formula is C10H11FN4O2S. The van der Waals surface area contributed by atoms with E-state index in [0.717, 1.165) is 12.1 Å². The maximum absolute atomic E-state index is 13.1. The molecular weight excluding hydrogens is 259 g/mol. The van der Waals surface area contributed by atoms with Crippen molar-refractivity contribution in [2.24, 2.45) is 0 Å². The van der Waals surface area contributed by atoms with E-state index in [4.69, 9.17) is 5.73 Å². The molecule has 0 bridgehead atoms. The molecule has 0 atom stereocenters. The van der Waals surface area contributed by atoms with Gasteiger partial charge in [0.15, 0.2) is 0 Å². The van der Waals surface area contributed by atoms with E-state index in [1.165, 1.54) is 12.3 Å². The van der Waals surface area contributed by atoms with E-state index in [9.17, 15) is 12.8 Å². The highest BCUT2D eigenvalue weighted by Crippen LogP contribution is 2.20. The number of aromatic nitrogens is 2. The Labute approximate surface area is 103 Å². The number of H-pyrrole nitrogens is 1. The van der Waals surface area contributed by atoms with Crippen LogP contribution in [0.1, 0.15) is 5.69 Å². The van der Waals surface area contributed by atoms with Gasteiger partial charge in [0.25, 0.3) is 10.0 Å². The summed E-state index contributed by atoms with van der Waals surface area (Å²) in [6.45, 7) is 1.57.